The number of benzene rings is 1. The van der Waals surface area contributed by atoms with Crippen LogP contribution < -0.4 is 5.73 Å². The molecule has 0 spiro atoms. The van der Waals surface area contributed by atoms with Gasteiger partial charge in [-0.25, -0.2) is 0 Å². The van der Waals surface area contributed by atoms with E-state index in [4.69, 9.17) is 10.2 Å². The highest BCUT2D eigenvalue weighted by Crippen LogP contribution is 2.31. The second-order valence-corrected chi connectivity index (χ2v) is 6.64. The summed E-state index contributed by atoms with van der Waals surface area (Å²) in [5.41, 5.74) is 7.92. The molecule has 0 radical (unpaired) electrons. The zero-order valence-electron chi connectivity index (χ0n) is 13.5. The first-order valence-corrected chi connectivity index (χ1v) is 7.67. The Morgan fingerprint density at radius 3 is 2.61 bits per heavy atom. The molecule has 1 atom stereocenters. The second kappa shape index (κ2) is 6.77. The van der Waals surface area contributed by atoms with Crippen LogP contribution >= 0.6 is 12.4 Å². The van der Waals surface area contributed by atoms with Crippen molar-refractivity contribution in [3.05, 3.63) is 48.4 Å². The van der Waals surface area contributed by atoms with Crippen LogP contribution in [0.1, 0.15) is 30.8 Å². The lowest BCUT2D eigenvalue weighted by molar-refractivity contribution is 0.0504. The first-order chi connectivity index (χ1) is 10.5. The Hall–Kier alpha value is -1.78. The van der Waals surface area contributed by atoms with Crippen molar-refractivity contribution in [2.24, 2.45) is 11.1 Å². The molecule has 1 unspecified atom stereocenters. The van der Waals surface area contributed by atoms with Crippen LogP contribution in [0.15, 0.2) is 47.1 Å². The smallest absolute Gasteiger partial charge is 0.290 e. The highest BCUT2D eigenvalue weighted by molar-refractivity contribution is 5.98. The maximum Gasteiger partial charge on any atom is 0.290 e. The summed E-state index contributed by atoms with van der Waals surface area (Å²) in [5.74, 6) is 0.362. The Labute approximate surface area is 143 Å². The fraction of sp³-hybridized carbons (Fsp3) is 0.389. The van der Waals surface area contributed by atoms with Gasteiger partial charge in [-0.2, -0.15) is 0 Å². The number of carbonyl (C=O) groups excluding carboxylic acids is 1. The van der Waals surface area contributed by atoms with Crippen molar-refractivity contribution in [3.8, 4) is 11.1 Å². The van der Waals surface area contributed by atoms with Gasteiger partial charge < -0.3 is 15.1 Å². The molecule has 2 aromatic rings. The Bertz CT molecular complexity index is 667. The number of rotatable bonds is 2. The van der Waals surface area contributed by atoms with E-state index in [0.717, 1.165) is 17.5 Å². The van der Waals surface area contributed by atoms with Crippen molar-refractivity contribution in [3.63, 3.8) is 0 Å². The van der Waals surface area contributed by atoms with Crippen LogP contribution in [-0.2, 0) is 0 Å². The van der Waals surface area contributed by atoms with Gasteiger partial charge in [0.15, 0.2) is 5.76 Å². The fourth-order valence-corrected chi connectivity index (χ4v) is 3.01. The zero-order chi connectivity index (χ0) is 15.7. The molecule has 1 aliphatic rings. The van der Waals surface area contributed by atoms with Crippen LogP contribution in [0.5, 0.6) is 0 Å². The normalized spacial score (nSPS) is 20.0. The highest BCUT2D eigenvalue weighted by Gasteiger charge is 2.36. The third-order valence-corrected chi connectivity index (χ3v) is 4.54. The summed E-state index contributed by atoms with van der Waals surface area (Å²) >= 11 is 0. The molecule has 3 rings (SSSR count). The molecular weight excluding hydrogens is 312 g/mol. The topological polar surface area (TPSA) is 59.5 Å². The highest BCUT2D eigenvalue weighted by atomic mass is 35.5. The molecular formula is C18H23ClN2O2. The van der Waals surface area contributed by atoms with Crippen molar-refractivity contribution in [1.82, 2.24) is 4.90 Å². The van der Waals surface area contributed by atoms with E-state index in [9.17, 15) is 4.79 Å². The van der Waals surface area contributed by atoms with Crippen molar-refractivity contribution < 1.29 is 9.21 Å². The predicted octanol–water partition coefficient (Wildman–Crippen LogP) is 3.57. The minimum Gasteiger partial charge on any atom is -0.459 e. The molecule has 4 nitrogen and oxygen atoms in total. The number of amides is 1. The third kappa shape index (κ3) is 3.43. The maximum absolute atomic E-state index is 12.8. The van der Waals surface area contributed by atoms with E-state index in [0.29, 0.717) is 18.8 Å². The van der Waals surface area contributed by atoms with E-state index in [-0.39, 0.29) is 29.8 Å². The van der Waals surface area contributed by atoms with E-state index < -0.39 is 0 Å². The van der Waals surface area contributed by atoms with Crippen LogP contribution in [0.4, 0.5) is 0 Å². The van der Waals surface area contributed by atoms with Gasteiger partial charge in [-0.3, -0.25) is 4.79 Å². The molecule has 0 saturated carbocycles. The Balaban J connectivity index is 0.00000192. The molecule has 1 amide bonds. The fourth-order valence-electron chi connectivity index (χ4n) is 3.01. The number of piperidine rings is 1. The summed E-state index contributed by atoms with van der Waals surface area (Å²) in [5, 5.41) is 0. The molecule has 2 heterocycles. The van der Waals surface area contributed by atoms with Gasteiger partial charge in [-0.15, -0.1) is 12.4 Å². The molecule has 2 N–H and O–H groups in total. The monoisotopic (exact) mass is 334 g/mol. The van der Waals surface area contributed by atoms with Gasteiger partial charge in [0, 0.05) is 24.7 Å². The summed E-state index contributed by atoms with van der Waals surface area (Å²) < 4.78 is 5.51. The zero-order valence-corrected chi connectivity index (χ0v) is 14.3. The lowest BCUT2D eigenvalue weighted by Crippen LogP contribution is -2.54. The molecule has 124 valence electrons. The molecule has 23 heavy (non-hydrogen) atoms. The van der Waals surface area contributed by atoms with Crippen LogP contribution in [0.3, 0.4) is 0 Å². The molecule has 1 aliphatic heterocycles. The number of likely N-dealkylation sites (tertiary alicyclic amines) is 1. The second-order valence-electron chi connectivity index (χ2n) is 6.64. The molecule has 1 fully saturated rings. The van der Waals surface area contributed by atoms with Gasteiger partial charge in [0.05, 0.1) is 6.26 Å². The Morgan fingerprint density at radius 1 is 1.26 bits per heavy atom. The average Bonchev–Trinajstić information content (AvgIpc) is 2.99. The summed E-state index contributed by atoms with van der Waals surface area (Å²) in [4.78, 5) is 14.7. The third-order valence-electron chi connectivity index (χ3n) is 4.54. The first kappa shape index (κ1) is 17.6. The summed E-state index contributed by atoms with van der Waals surface area (Å²) in [6.07, 6.45) is 2.40. The minimum absolute atomic E-state index is 0. The van der Waals surface area contributed by atoms with Gasteiger partial charge >= 0.3 is 0 Å². The number of nitrogens with two attached hydrogens (primary N) is 1. The number of hydrogen-bond acceptors (Lipinski definition) is 3. The van der Waals surface area contributed by atoms with E-state index >= 15 is 0 Å². The minimum atomic E-state index is -0.0760. The van der Waals surface area contributed by atoms with Gasteiger partial charge in [-0.1, -0.05) is 44.2 Å². The first-order valence-electron chi connectivity index (χ1n) is 7.67. The van der Waals surface area contributed by atoms with Crippen molar-refractivity contribution in [2.75, 3.05) is 13.1 Å². The average molecular weight is 335 g/mol. The quantitative estimate of drug-likeness (QED) is 0.913. The van der Waals surface area contributed by atoms with Crippen LogP contribution in [0, 0.1) is 5.41 Å². The van der Waals surface area contributed by atoms with Gasteiger partial charge in [0.2, 0.25) is 0 Å². The number of nitrogens with zero attached hydrogens (tertiary/aromatic N) is 1. The van der Waals surface area contributed by atoms with Crippen LogP contribution in [0.25, 0.3) is 11.1 Å². The summed E-state index contributed by atoms with van der Waals surface area (Å²) in [6, 6.07) is 11.8. The maximum atomic E-state index is 12.8. The molecule has 1 aromatic carbocycles. The number of hydrogen-bond donors (Lipinski definition) is 1. The molecule has 5 heteroatoms. The molecule has 1 aromatic heterocycles. The molecule has 0 aliphatic carbocycles. The molecule has 0 bridgehead atoms. The van der Waals surface area contributed by atoms with E-state index in [1.165, 1.54) is 0 Å². The van der Waals surface area contributed by atoms with Crippen molar-refractivity contribution in [2.45, 2.75) is 26.3 Å². The van der Waals surface area contributed by atoms with Gasteiger partial charge in [0.1, 0.15) is 0 Å². The van der Waals surface area contributed by atoms with E-state index in [1.54, 1.807) is 6.26 Å². The predicted molar refractivity (Wildman–Crippen MR) is 93.7 cm³/mol. The summed E-state index contributed by atoms with van der Waals surface area (Å²) in [6.45, 7) is 5.55. The summed E-state index contributed by atoms with van der Waals surface area (Å²) in [7, 11) is 0. The number of halogens is 1. The van der Waals surface area contributed by atoms with Gasteiger partial charge in [0.25, 0.3) is 5.91 Å². The number of furan rings is 1. The van der Waals surface area contributed by atoms with Crippen LogP contribution in [-0.4, -0.2) is 29.9 Å². The SMILES string of the molecule is CC1(C)CN(C(=O)c2occc2-c2ccccc2)CCC1N.Cl. The lowest BCUT2D eigenvalue weighted by Gasteiger charge is -2.42. The lowest BCUT2D eigenvalue weighted by atomic mass is 9.79. The van der Waals surface area contributed by atoms with E-state index in [1.807, 2.05) is 41.3 Å². The standard InChI is InChI=1S/C18H22N2O2.ClH/c1-18(2)12-20(10-8-15(18)19)17(21)16-14(9-11-22-16)13-6-4-3-5-7-13;/h3-7,9,11,15H,8,10,12,19H2,1-2H3;1H. The van der Waals surface area contributed by atoms with Gasteiger partial charge in [-0.05, 0) is 23.5 Å². The van der Waals surface area contributed by atoms with Crippen LogP contribution in [0.2, 0.25) is 0 Å². The Morgan fingerprint density at radius 2 is 1.96 bits per heavy atom. The largest absolute Gasteiger partial charge is 0.459 e. The number of carbonyl (C=O) groups is 1. The van der Waals surface area contributed by atoms with Crippen molar-refractivity contribution in [1.29, 1.82) is 0 Å². The molecule has 1 saturated heterocycles. The van der Waals surface area contributed by atoms with E-state index in [2.05, 4.69) is 13.8 Å². The Kier molecular flexibility index (Phi) is 5.17. The van der Waals surface area contributed by atoms with Crippen molar-refractivity contribution >= 4 is 18.3 Å².